The molecule has 1 amide bonds. The SMILES string of the molecule is O=C(Cc1noc(Cc2ccc(F)cc2)n1)Nc1ccccc1C(=O)O. The minimum atomic E-state index is -1.14. The summed E-state index contributed by atoms with van der Waals surface area (Å²) in [5.74, 6) is -1.47. The van der Waals surface area contributed by atoms with Gasteiger partial charge in [-0.1, -0.05) is 29.4 Å². The number of rotatable bonds is 6. The second kappa shape index (κ2) is 7.56. The molecule has 1 heterocycles. The highest BCUT2D eigenvalue weighted by atomic mass is 19.1. The van der Waals surface area contributed by atoms with Gasteiger partial charge in [0.05, 0.1) is 24.1 Å². The van der Waals surface area contributed by atoms with Crippen molar-refractivity contribution < 1.29 is 23.6 Å². The van der Waals surface area contributed by atoms with E-state index in [1.54, 1.807) is 24.3 Å². The summed E-state index contributed by atoms with van der Waals surface area (Å²) in [6.07, 6.45) is 0.150. The molecule has 0 fully saturated rings. The number of nitrogens with one attached hydrogen (secondary N) is 1. The van der Waals surface area contributed by atoms with Gasteiger partial charge in [-0.3, -0.25) is 4.79 Å². The summed E-state index contributed by atoms with van der Waals surface area (Å²) in [7, 11) is 0. The first-order valence-corrected chi connectivity index (χ1v) is 7.69. The van der Waals surface area contributed by atoms with Crippen molar-refractivity contribution in [1.82, 2.24) is 10.1 Å². The Bertz CT molecular complexity index is 938. The molecule has 0 aliphatic rings. The van der Waals surface area contributed by atoms with Gasteiger partial charge in [0.15, 0.2) is 5.82 Å². The summed E-state index contributed by atoms with van der Waals surface area (Å²) in [6.45, 7) is 0. The molecule has 0 spiro atoms. The fourth-order valence-corrected chi connectivity index (χ4v) is 2.33. The Morgan fingerprint density at radius 1 is 1.12 bits per heavy atom. The highest BCUT2D eigenvalue weighted by Crippen LogP contribution is 2.15. The van der Waals surface area contributed by atoms with Gasteiger partial charge < -0.3 is 14.9 Å². The molecule has 0 saturated carbocycles. The van der Waals surface area contributed by atoms with Crippen LogP contribution >= 0.6 is 0 Å². The third-order valence-corrected chi connectivity index (χ3v) is 3.53. The molecule has 3 aromatic rings. The van der Waals surface area contributed by atoms with Crippen LogP contribution in [0.5, 0.6) is 0 Å². The Hall–Kier alpha value is -3.55. The van der Waals surface area contributed by atoms with E-state index in [0.29, 0.717) is 12.3 Å². The van der Waals surface area contributed by atoms with Gasteiger partial charge in [0.2, 0.25) is 11.8 Å². The molecule has 7 nitrogen and oxygen atoms in total. The lowest BCUT2D eigenvalue weighted by Gasteiger charge is -2.06. The average molecular weight is 355 g/mol. The first-order chi connectivity index (χ1) is 12.5. The van der Waals surface area contributed by atoms with Crippen LogP contribution < -0.4 is 5.32 Å². The average Bonchev–Trinajstić information content (AvgIpc) is 3.04. The van der Waals surface area contributed by atoms with Gasteiger partial charge in [0.1, 0.15) is 5.82 Å². The van der Waals surface area contributed by atoms with E-state index >= 15 is 0 Å². The molecule has 0 atom stereocenters. The smallest absolute Gasteiger partial charge is 0.337 e. The number of hydrogen-bond acceptors (Lipinski definition) is 5. The second-order valence-electron chi connectivity index (χ2n) is 5.48. The zero-order valence-electron chi connectivity index (χ0n) is 13.5. The van der Waals surface area contributed by atoms with Crippen LogP contribution in [0.25, 0.3) is 0 Å². The van der Waals surface area contributed by atoms with E-state index < -0.39 is 11.9 Å². The number of para-hydroxylation sites is 1. The van der Waals surface area contributed by atoms with Crippen molar-refractivity contribution in [2.45, 2.75) is 12.8 Å². The molecule has 0 radical (unpaired) electrons. The first-order valence-electron chi connectivity index (χ1n) is 7.69. The van der Waals surface area contributed by atoms with Crippen LogP contribution in [0.1, 0.15) is 27.6 Å². The standard InChI is InChI=1S/C18H14FN3O4/c19-12-7-5-11(6-8-12)9-17-21-15(22-26-17)10-16(23)20-14-4-2-1-3-13(14)18(24)25/h1-8H,9-10H2,(H,20,23)(H,24,25). The Balaban J connectivity index is 1.63. The summed E-state index contributed by atoms with van der Waals surface area (Å²) >= 11 is 0. The molecular formula is C18H14FN3O4. The maximum absolute atomic E-state index is 12.9. The number of benzene rings is 2. The van der Waals surface area contributed by atoms with Crippen LogP contribution in [-0.4, -0.2) is 27.1 Å². The van der Waals surface area contributed by atoms with Crippen LogP contribution in [0.4, 0.5) is 10.1 Å². The number of anilines is 1. The lowest BCUT2D eigenvalue weighted by Crippen LogP contribution is -2.17. The van der Waals surface area contributed by atoms with Gasteiger partial charge in [-0.15, -0.1) is 0 Å². The number of carbonyl (C=O) groups is 2. The van der Waals surface area contributed by atoms with Crippen molar-refractivity contribution in [3.63, 3.8) is 0 Å². The molecule has 26 heavy (non-hydrogen) atoms. The zero-order valence-corrected chi connectivity index (χ0v) is 13.5. The van der Waals surface area contributed by atoms with Crippen LogP contribution in [0.3, 0.4) is 0 Å². The predicted octanol–water partition coefficient (Wildman–Crippen LogP) is 2.68. The fourth-order valence-electron chi connectivity index (χ4n) is 2.33. The normalized spacial score (nSPS) is 10.5. The number of carboxylic acids is 1. The Morgan fingerprint density at radius 3 is 2.58 bits per heavy atom. The number of aromatic nitrogens is 2. The summed E-state index contributed by atoms with van der Waals surface area (Å²) in [5.41, 5.74) is 0.979. The van der Waals surface area contributed by atoms with E-state index in [0.717, 1.165) is 5.56 Å². The molecule has 132 valence electrons. The quantitative estimate of drug-likeness (QED) is 0.704. The van der Waals surface area contributed by atoms with E-state index in [4.69, 9.17) is 9.63 Å². The Labute approximate surface area is 147 Å². The van der Waals surface area contributed by atoms with E-state index in [1.165, 1.54) is 24.3 Å². The van der Waals surface area contributed by atoms with E-state index in [1.807, 2.05) is 0 Å². The maximum Gasteiger partial charge on any atom is 0.337 e. The molecule has 0 aliphatic heterocycles. The second-order valence-corrected chi connectivity index (χ2v) is 5.48. The summed E-state index contributed by atoms with van der Waals surface area (Å²) in [5, 5.41) is 15.4. The van der Waals surface area contributed by atoms with Crippen molar-refractivity contribution in [3.8, 4) is 0 Å². The van der Waals surface area contributed by atoms with Crippen LogP contribution in [0, 0.1) is 5.82 Å². The number of carbonyl (C=O) groups excluding carboxylic acids is 1. The molecule has 1 aromatic heterocycles. The van der Waals surface area contributed by atoms with Gasteiger partial charge in [-0.05, 0) is 29.8 Å². The molecule has 2 N–H and O–H groups in total. The van der Waals surface area contributed by atoms with Gasteiger partial charge in [-0.25, -0.2) is 9.18 Å². The number of carboxylic acid groups (broad SMARTS) is 1. The van der Waals surface area contributed by atoms with Crippen molar-refractivity contribution in [1.29, 1.82) is 0 Å². The molecule has 0 aliphatic carbocycles. The lowest BCUT2D eigenvalue weighted by molar-refractivity contribution is -0.115. The predicted molar refractivity (Wildman–Crippen MR) is 89.2 cm³/mol. The number of nitrogens with zero attached hydrogens (tertiary/aromatic N) is 2. The lowest BCUT2D eigenvalue weighted by atomic mass is 10.1. The number of aromatic carboxylic acids is 1. The summed E-state index contributed by atoms with van der Waals surface area (Å²) in [4.78, 5) is 27.4. The van der Waals surface area contributed by atoms with Crippen molar-refractivity contribution >= 4 is 17.6 Å². The third kappa shape index (κ3) is 4.29. The monoisotopic (exact) mass is 355 g/mol. The number of hydrogen-bond donors (Lipinski definition) is 2. The molecule has 0 bridgehead atoms. The molecular weight excluding hydrogens is 341 g/mol. The Morgan fingerprint density at radius 2 is 1.85 bits per heavy atom. The van der Waals surface area contributed by atoms with Crippen LogP contribution in [-0.2, 0) is 17.6 Å². The molecule has 8 heteroatoms. The van der Waals surface area contributed by atoms with E-state index in [-0.39, 0.29) is 29.3 Å². The summed E-state index contributed by atoms with van der Waals surface area (Å²) in [6, 6.07) is 12.0. The van der Waals surface area contributed by atoms with Crippen LogP contribution in [0.15, 0.2) is 53.1 Å². The molecule has 0 unspecified atom stereocenters. The Kier molecular flexibility index (Phi) is 5.02. The summed E-state index contributed by atoms with van der Waals surface area (Å²) < 4.78 is 18.0. The topological polar surface area (TPSA) is 105 Å². The third-order valence-electron chi connectivity index (χ3n) is 3.53. The largest absolute Gasteiger partial charge is 0.478 e. The minimum absolute atomic E-state index is 0.00837. The highest BCUT2D eigenvalue weighted by Gasteiger charge is 2.15. The molecule has 0 saturated heterocycles. The van der Waals surface area contributed by atoms with Crippen molar-refractivity contribution in [2.75, 3.05) is 5.32 Å². The van der Waals surface area contributed by atoms with Crippen molar-refractivity contribution in [2.24, 2.45) is 0 Å². The molecule has 2 aromatic carbocycles. The first kappa shape index (κ1) is 17.3. The van der Waals surface area contributed by atoms with Crippen molar-refractivity contribution in [3.05, 3.63) is 77.2 Å². The molecule has 3 rings (SSSR count). The van der Waals surface area contributed by atoms with Gasteiger partial charge in [-0.2, -0.15) is 4.98 Å². The zero-order chi connectivity index (χ0) is 18.5. The van der Waals surface area contributed by atoms with E-state index in [2.05, 4.69) is 15.5 Å². The number of amides is 1. The van der Waals surface area contributed by atoms with Gasteiger partial charge in [0.25, 0.3) is 0 Å². The van der Waals surface area contributed by atoms with Crippen LogP contribution in [0.2, 0.25) is 0 Å². The van der Waals surface area contributed by atoms with E-state index in [9.17, 15) is 14.0 Å². The number of halogens is 1. The fraction of sp³-hybridized carbons (Fsp3) is 0.111. The maximum atomic E-state index is 12.9. The van der Waals surface area contributed by atoms with Gasteiger partial charge in [0, 0.05) is 0 Å². The highest BCUT2D eigenvalue weighted by molar-refractivity contribution is 6.00. The minimum Gasteiger partial charge on any atom is -0.478 e. The van der Waals surface area contributed by atoms with Gasteiger partial charge >= 0.3 is 5.97 Å².